The molecule has 3 aromatic rings. The lowest BCUT2D eigenvalue weighted by Gasteiger charge is -2.14. The molecule has 1 aliphatic carbocycles. The Kier molecular flexibility index (Phi) is 7.38. The molecule has 2 heterocycles. The number of carbonyl (C=O) groups excluding carboxylic acids is 2. The molecular weight excluding hydrogens is 507 g/mol. The normalized spacial score (nSPS) is 15.5. The first-order chi connectivity index (χ1) is 19.3. The first kappa shape index (κ1) is 26.7. The summed E-state index contributed by atoms with van der Waals surface area (Å²) in [5.41, 5.74) is 3.25. The highest BCUT2D eigenvalue weighted by Crippen LogP contribution is 2.48. The van der Waals surface area contributed by atoms with Gasteiger partial charge in [-0.2, -0.15) is 0 Å². The van der Waals surface area contributed by atoms with Crippen LogP contribution in [0.4, 0.5) is 4.39 Å². The van der Waals surface area contributed by atoms with Gasteiger partial charge >= 0.3 is 0 Å². The first-order valence-corrected chi connectivity index (χ1v) is 12.8. The Balaban J connectivity index is 1.26. The van der Waals surface area contributed by atoms with Crippen LogP contribution in [0.5, 0.6) is 11.5 Å². The molecular formula is C33H27FN2O4. The van der Waals surface area contributed by atoms with Gasteiger partial charge < -0.3 is 9.47 Å². The van der Waals surface area contributed by atoms with Gasteiger partial charge in [-0.1, -0.05) is 43.0 Å². The fraction of sp³-hybridized carbons (Fsp3) is 0.152. The number of ether oxygens (including phenoxy) is 2. The molecule has 5 rings (SSSR count). The number of carbonyl (C=O) groups is 2. The average molecular weight is 535 g/mol. The number of pyridine rings is 1. The van der Waals surface area contributed by atoms with Crippen LogP contribution < -0.4 is 9.47 Å². The van der Waals surface area contributed by atoms with Crippen molar-refractivity contribution in [1.29, 1.82) is 0 Å². The van der Waals surface area contributed by atoms with Gasteiger partial charge in [0.15, 0.2) is 11.6 Å². The molecule has 0 bridgehead atoms. The Morgan fingerprint density at radius 3 is 2.15 bits per heavy atom. The van der Waals surface area contributed by atoms with Crippen molar-refractivity contribution in [3.8, 4) is 11.5 Å². The van der Waals surface area contributed by atoms with Crippen molar-refractivity contribution >= 4 is 35.2 Å². The number of ketones is 2. The molecule has 40 heavy (non-hydrogen) atoms. The number of methoxy groups -OCH3 is 1. The third kappa shape index (κ3) is 5.59. The third-order valence-corrected chi connectivity index (χ3v) is 6.91. The monoisotopic (exact) mass is 534 g/mol. The zero-order chi connectivity index (χ0) is 28.3. The number of nitrogens with zero attached hydrogens (tertiary/aromatic N) is 2. The number of benzene rings is 2. The van der Waals surface area contributed by atoms with E-state index in [-0.39, 0.29) is 17.4 Å². The van der Waals surface area contributed by atoms with E-state index in [1.165, 1.54) is 24.3 Å². The van der Waals surface area contributed by atoms with Crippen molar-refractivity contribution in [3.05, 3.63) is 119 Å². The first-order valence-electron chi connectivity index (χ1n) is 12.8. The molecule has 0 unspecified atom stereocenters. The predicted octanol–water partition coefficient (Wildman–Crippen LogP) is 6.55. The Morgan fingerprint density at radius 1 is 0.975 bits per heavy atom. The molecule has 200 valence electrons. The van der Waals surface area contributed by atoms with Crippen LogP contribution in [0.15, 0.2) is 90.6 Å². The average Bonchev–Trinajstić information content (AvgIpc) is 3.79. The highest BCUT2D eigenvalue weighted by molar-refractivity contribution is 6.19. The predicted molar refractivity (Wildman–Crippen MR) is 153 cm³/mol. The van der Waals surface area contributed by atoms with Gasteiger partial charge in [0.05, 0.1) is 18.2 Å². The molecule has 7 heteroatoms. The maximum Gasteiger partial charge on any atom is 0.246 e. The second-order valence-electron chi connectivity index (χ2n) is 9.65. The van der Waals surface area contributed by atoms with Crippen LogP contribution in [0.3, 0.4) is 0 Å². The van der Waals surface area contributed by atoms with Crippen LogP contribution in [0.2, 0.25) is 0 Å². The zero-order valence-corrected chi connectivity index (χ0v) is 22.2. The molecule has 0 atom stereocenters. The highest BCUT2D eigenvalue weighted by atomic mass is 19.1. The third-order valence-electron chi connectivity index (χ3n) is 6.91. The number of hydrogen-bond donors (Lipinski definition) is 0. The zero-order valence-electron chi connectivity index (χ0n) is 22.2. The topological polar surface area (TPSA) is 77.9 Å². The standard InChI is InChI=1S/C33H27FN2O4/c1-21-16-19-35-32(31-27(21)20-28(39-3)22(2)36-31)40-26-12-6-24(7-13-26)9-15-30(38)33(17-18-33)29(37)14-8-23-4-10-25(34)11-5-23/h4-16,19-20H,1,17-18H2,2-3H3/b14-8+,15-9+. The number of allylic oxidation sites excluding steroid dienone is 4. The summed E-state index contributed by atoms with van der Waals surface area (Å²) in [6.45, 7) is 5.93. The van der Waals surface area contributed by atoms with Crippen LogP contribution in [0.25, 0.3) is 17.7 Å². The highest BCUT2D eigenvalue weighted by Gasteiger charge is 2.53. The lowest BCUT2D eigenvalue weighted by molar-refractivity contribution is -0.129. The largest absolute Gasteiger partial charge is 0.495 e. The van der Waals surface area contributed by atoms with E-state index in [9.17, 15) is 14.0 Å². The SMILES string of the molecule is C=C1C=CN=C(Oc2ccc(/C=C/C(=O)C3(C(=O)/C=C/c4ccc(F)cc4)CC3)cc2)c2nc(C)c(OC)cc21. The van der Waals surface area contributed by atoms with E-state index in [4.69, 9.17) is 9.47 Å². The fourth-order valence-corrected chi connectivity index (χ4v) is 4.36. The fourth-order valence-electron chi connectivity index (χ4n) is 4.36. The van der Waals surface area contributed by atoms with Crippen LogP contribution in [-0.4, -0.2) is 29.6 Å². The molecule has 2 aliphatic rings. The van der Waals surface area contributed by atoms with Gasteiger partial charge in [-0.05, 0) is 85.0 Å². The van der Waals surface area contributed by atoms with Gasteiger partial charge in [0.1, 0.15) is 23.0 Å². The van der Waals surface area contributed by atoms with Gasteiger partial charge in [-0.25, -0.2) is 14.4 Å². The van der Waals surface area contributed by atoms with E-state index in [2.05, 4.69) is 16.6 Å². The quantitative estimate of drug-likeness (QED) is 0.242. The maximum atomic E-state index is 13.1. The minimum atomic E-state index is -1.01. The molecule has 1 fully saturated rings. The van der Waals surface area contributed by atoms with Gasteiger partial charge in [-0.15, -0.1) is 0 Å². The summed E-state index contributed by atoms with van der Waals surface area (Å²) < 4.78 is 24.6. The van der Waals surface area contributed by atoms with Crippen molar-refractivity contribution in [2.24, 2.45) is 10.4 Å². The summed E-state index contributed by atoms with van der Waals surface area (Å²) in [6.07, 6.45) is 10.6. The second-order valence-corrected chi connectivity index (χ2v) is 9.65. The summed E-state index contributed by atoms with van der Waals surface area (Å²) in [5.74, 6) is 0.717. The van der Waals surface area contributed by atoms with Gasteiger partial charge in [0, 0.05) is 11.8 Å². The number of fused-ring (bicyclic) bond motifs is 1. The minimum Gasteiger partial charge on any atom is -0.495 e. The molecule has 0 spiro atoms. The number of hydrogen-bond acceptors (Lipinski definition) is 6. The number of aliphatic imine (C=N–C) groups is 1. The number of halogens is 1. The Bertz CT molecular complexity index is 1610. The lowest BCUT2D eigenvalue weighted by atomic mass is 9.93. The van der Waals surface area contributed by atoms with E-state index in [1.807, 2.05) is 25.1 Å². The van der Waals surface area contributed by atoms with Crippen LogP contribution in [0, 0.1) is 18.2 Å². The summed E-state index contributed by atoms with van der Waals surface area (Å²) in [7, 11) is 1.59. The molecule has 6 nitrogen and oxygen atoms in total. The van der Waals surface area contributed by atoms with E-state index in [1.54, 1.807) is 55.8 Å². The Morgan fingerprint density at radius 2 is 1.57 bits per heavy atom. The van der Waals surface area contributed by atoms with Gasteiger partial charge in [0.2, 0.25) is 5.90 Å². The lowest BCUT2D eigenvalue weighted by Crippen LogP contribution is -2.22. The second kappa shape index (κ2) is 11.1. The van der Waals surface area contributed by atoms with Crippen molar-refractivity contribution < 1.29 is 23.5 Å². The molecule has 1 aromatic heterocycles. The van der Waals surface area contributed by atoms with Crippen LogP contribution >= 0.6 is 0 Å². The summed E-state index contributed by atoms with van der Waals surface area (Å²) in [5, 5.41) is 0. The smallest absolute Gasteiger partial charge is 0.246 e. The van der Waals surface area contributed by atoms with E-state index in [0.717, 1.165) is 16.7 Å². The number of rotatable bonds is 8. The van der Waals surface area contributed by atoms with Gasteiger partial charge in [0.25, 0.3) is 0 Å². The Hall–Kier alpha value is -4.91. The van der Waals surface area contributed by atoms with Crippen molar-refractivity contribution in [3.63, 3.8) is 0 Å². The summed E-state index contributed by atoms with van der Waals surface area (Å²) in [4.78, 5) is 34.7. The molecule has 1 aliphatic heterocycles. The van der Waals surface area contributed by atoms with E-state index < -0.39 is 5.41 Å². The van der Waals surface area contributed by atoms with E-state index in [0.29, 0.717) is 47.2 Å². The Labute approximate surface area is 231 Å². The van der Waals surface area contributed by atoms with Crippen molar-refractivity contribution in [2.45, 2.75) is 19.8 Å². The number of aryl methyl sites for hydroxylation is 1. The van der Waals surface area contributed by atoms with Crippen molar-refractivity contribution in [1.82, 2.24) is 4.98 Å². The maximum absolute atomic E-state index is 13.1. The molecule has 0 radical (unpaired) electrons. The molecule has 1 saturated carbocycles. The molecule has 0 N–H and O–H groups in total. The molecule has 2 aromatic carbocycles. The van der Waals surface area contributed by atoms with Crippen LogP contribution in [0.1, 0.15) is 40.9 Å². The van der Waals surface area contributed by atoms with Crippen LogP contribution in [-0.2, 0) is 9.59 Å². The van der Waals surface area contributed by atoms with E-state index >= 15 is 0 Å². The van der Waals surface area contributed by atoms with Crippen molar-refractivity contribution in [2.75, 3.05) is 7.11 Å². The summed E-state index contributed by atoms with van der Waals surface area (Å²) >= 11 is 0. The van der Waals surface area contributed by atoms with Gasteiger partial charge in [-0.3, -0.25) is 9.59 Å². The summed E-state index contributed by atoms with van der Waals surface area (Å²) in [6, 6.07) is 14.9. The molecule has 0 amide bonds. The minimum absolute atomic E-state index is 0.227. The number of aromatic nitrogens is 1. The molecule has 0 saturated heterocycles.